The Morgan fingerprint density at radius 1 is 1.00 bits per heavy atom. The Morgan fingerprint density at radius 2 is 1.75 bits per heavy atom. The van der Waals surface area contributed by atoms with Crippen LogP contribution in [-0.4, -0.2) is 11.2 Å². The molecule has 3 rings (SSSR count). The van der Waals surface area contributed by atoms with Gasteiger partial charge >= 0.3 is 0 Å². The van der Waals surface area contributed by atoms with Crippen LogP contribution in [0.5, 0.6) is 0 Å². The molecule has 3 aliphatic carbocycles. The predicted molar refractivity (Wildman–Crippen MR) is 47.8 cm³/mol. The smallest absolute Gasteiger partial charge is 0.0546 e. The van der Waals surface area contributed by atoms with Gasteiger partial charge in [-0.1, -0.05) is 12.8 Å². The van der Waals surface area contributed by atoms with Crippen molar-refractivity contribution in [2.75, 3.05) is 0 Å². The van der Waals surface area contributed by atoms with E-state index in [-0.39, 0.29) is 6.10 Å². The highest BCUT2D eigenvalue weighted by atomic mass is 16.3. The van der Waals surface area contributed by atoms with Crippen LogP contribution in [-0.2, 0) is 0 Å². The van der Waals surface area contributed by atoms with Gasteiger partial charge in [-0.15, -0.1) is 0 Å². The van der Waals surface area contributed by atoms with Crippen molar-refractivity contribution in [3.8, 4) is 0 Å². The lowest BCUT2D eigenvalue weighted by Gasteiger charge is -2.36. The summed E-state index contributed by atoms with van der Waals surface area (Å²) in [5.41, 5.74) is 1.38. The summed E-state index contributed by atoms with van der Waals surface area (Å²) < 4.78 is 0. The third-order valence-corrected chi connectivity index (χ3v) is 4.82. The van der Waals surface area contributed by atoms with Gasteiger partial charge in [0.05, 0.1) is 6.10 Å². The lowest BCUT2D eigenvalue weighted by molar-refractivity contribution is 0.0488. The predicted octanol–water partition coefficient (Wildman–Crippen LogP) is 2.48. The highest BCUT2D eigenvalue weighted by molar-refractivity contribution is 5.18. The minimum Gasteiger partial charge on any atom is -0.393 e. The Hall–Kier alpha value is -0.0400. The van der Waals surface area contributed by atoms with Gasteiger partial charge in [-0.3, -0.25) is 0 Å². The number of rotatable bonds is 0. The van der Waals surface area contributed by atoms with Gasteiger partial charge in [0.1, 0.15) is 0 Å². The van der Waals surface area contributed by atoms with E-state index < -0.39 is 0 Å². The molecule has 0 amide bonds. The molecule has 1 nitrogen and oxygen atoms in total. The molecule has 0 saturated heterocycles. The van der Waals surface area contributed by atoms with Crippen molar-refractivity contribution in [1.29, 1.82) is 0 Å². The zero-order chi connectivity index (χ0) is 8.23. The minimum absolute atomic E-state index is 0.0405. The van der Waals surface area contributed by atoms with Crippen molar-refractivity contribution in [3.63, 3.8) is 0 Å². The van der Waals surface area contributed by atoms with E-state index in [1.54, 1.807) is 0 Å². The lowest BCUT2D eigenvalue weighted by atomic mass is 9.70. The maximum atomic E-state index is 9.64. The molecule has 3 aliphatic rings. The van der Waals surface area contributed by atoms with E-state index in [0.29, 0.717) is 5.41 Å². The molecule has 12 heavy (non-hydrogen) atoms. The Kier molecular flexibility index (Phi) is 1.27. The van der Waals surface area contributed by atoms with Crippen LogP contribution in [0.25, 0.3) is 0 Å². The van der Waals surface area contributed by atoms with Gasteiger partial charge in [0.15, 0.2) is 0 Å². The van der Waals surface area contributed by atoms with E-state index in [9.17, 15) is 5.11 Å². The topological polar surface area (TPSA) is 20.2 Å². The van der Waals surface area contributed by atoms with Crippen molar-refractivity contribution < 1.29 is 5.11 Å². The lowest BCUT2D eigenvalue weighted by Crippen LogP contribution is -2.29. The molecule has 1 heteroatoms. The van der Waals surface area contributed by atoms with Crippen LogP contribution in [0.1, 0.15) is 51.4 Å². The molecule has 0 heterocycles. The summed E-state index contributed by atoms with van der Waals surface area (Å²) in [5.74, 6) is 0. The minimum atomic E-state index is 0.0405. The van der Waals surface area contributed by atoms with Crippen molar-refractivity contribution in [2.45, 2.75) is 57.5 Å². The molecule has 0 bridgehead atoms. The first-order valence-electron chi connectivity index (χ1n) is 5.45. The van der Waals surface area contributed by atoms with Gasteiger partial charge in [-0.2, -0.15) is 0 Å². The second-order valence-electron chi connectivity index (χ2n) is 5.34. The van der Waals surface area contributed by atoms with E-state index in [2.05, 4.69) is 0 Å². The van der Waals surface area contributed by atoms with Gasteiger partial charge in [0.2, 0.25) is 0 Å². The fraction of sp³-hybridized carbons (Fsp3) is 1.00. The van der Waals surface area contributed by atoms with Gasteiger partial charge in [0, 0.05) is 0 Å². The standard InChI is InChI=1S/C11H18O/c12-9-3-6-10-4-1-2-5-11(10,7-9)8-10/h9,12H,1-8H2. The number of aliphatic hydroxyl groups is 1. The SMILES string of the molecule is OC1CCC23CCCCC2(C1)C3. The van der Waals surface area contributed by atoms with E-state index in [4.69, 9.17) is 0 Å². The molecule has 0 aromatic carbocycles. The van der Waals surface area contributed by atoms with Gasteiger partial charge in [-0.05, 0) is 49.4 Å². The van der Waals surface area contributed by atoms with E-state index in [0.717, 1.165) is 18.3 Å². The molecule has 3 unspecified atom stereocenters. The summed E-state index contributed by atoms with van der Waals surface area (Å²) in [4.78, 5) is 0. The van der Waals surface area contributed by atoms with Crippen molar-refractivity contribution >= 4 is 0 Å². The Bertz CT molecular complexity index is 209. The van der Waals surface area contributed by atoms with Crippen LogP contribution in [0.4, 0.5) is 0 Å². The molecule has 3 saturated carbocycles. The molecule has 68 valence electrons. The van der Waals surface area contributed by atoms with Crippen LogP contribution in [0.2, 0.25) is 0 Å². The van der Waals surface area contributed by atoms with Gasteiger partial charge in [0.25, 0.3) is 0 Å². The van der Waals surface area contributed by atoms with E-state index in [1.807, 2.05) is 0 Å². The molecular formula is C11H18O. The first-order chi connectivity index (χ1) is 5.77. The molecule has 1 N–H and O–H groups in total. The quantitative estimate of drug-likeness (QED) is 0.586. The molecular weight excluding hydrogens is 148 g/mol. The summed E-state index contributed by atoms with van der Waals surface area (Å²) in [6, 6.07) is 0. The average Bonchev–Trinajstić information content (AvgIpc) is 2.72. The summed E-state index contributed by atoms with van der Waals surface area (Å²) in [5, 5.41) is 9.64. The van der Waals surface area contributed by atoms with Crippen LogP contribution in [0.3, 0.4) is 0 Å². The monoisotopic (exact) mass is 166 g/mol. The van der Waals surface area contributed by atoms with Gasteiger partial charge < -0.3 is 5.11 Å². The largest absolute Gasteiger partial charge is 0.393 e. The molecule has 0 aromatic rings. The van der Waals surface area contributed by atoms with Crippen molar-refractivity contribution in [3.05, 3.63) is 0 Å². The zero-order valence-corrected chi connectivity index (χ0v) is 7.68. The highest BCUT2D eigenvalue weighted by Crippen LogP contribution is 2.77. The third-order valence-electron chi connectivity index (χ3n) is 4.82. The first kappa shape index (κ1) is 7.37. The molecule has 0 spiro atoms. The summed E-state index contributed by atoms with van der Waals surface area (Å²) in [6.45, 7) is 0. The maximum Gasteiger partial charge on any atom is 0.0546 e. The number of hydrogen-bond donors (Lipinski definition) is 1. The van der Waals surface area contributed by atoms with E-state index >= 15 is 0 Å². The molecule has 0 radical (unpaired) electrons. The molecule has 0 aliphatic heterocycles. The van der Waals surface area contributed by atoms with E-state index in [1.165, 1.54) is 38.5 Å². The second kappa shape index (κ2) is 2.06. The number of aliphatic hydroxyl groups excluding tert-OH is 1. The normalized spacial score (nSPS) is 57.2. The summed E-state index contributed by atoms with van der Waals surface area (Å²) >= 11 is 0. The second-order valence-corrected chi connectivity index (χ2v) is 5.34. The van der Waals surface area contributed by atoms with Crippen molar-refractivity contribution in [1.82, 2.24) is 0 Å². The fourth-order valence-corrected chi connectivity index (χ4v) is 4.10. The summed E-state index contributed by atoms with van der Waals surface area (Å²) in [6.07, 6.45) is 10.8. The third kappa shape index (κ3) is 0.736. The van der Waals surface area contributed by atoms with Crippen molar-refractivity contribution in [2.24, 2.45) is 10.8 Å². The first-order valence-corrected chi connectivity index (χ1v) is 5.45. The Balaban J connectivity index is 1.86. The maximum absolute atomic E-state index is 9.64. The van der Waals surface area contributed by atoms with Crippen LogP contribution in [0, 0.1) is 10.8 Å². The Morgan fingerprint density at radius 3 is 2.58 bits per heavy atom. The van der Waals surface area contributed by atoms with Crippen LogP contribution in [0.15, 0.2) is 0 Å². The van der Waals surface area contributed by atoms with Crippen LogP contribution >= 0.6 is 0 Å². The fourth-order valence-electron chi connectivity index (χ4n) is 4.10. The van der Waals surface area contributed by atoms with Crippen LogP contribution < -0.4 is 0 Å². The Labute approximate surface area is 74.2 Å². The molecule has 0 aromatic heterocycles. The van der Waals surface area contributed by atoms with Gasteiger partial charge in [-0.25, -0.2) is 0 Å². The summed E-state index contributed by atoms with van der Waals surface area (Å²) in [7, 11) is 0. The molecule has 3 atom stereocenters. The average molecular weight is 166 g/mol. The highest BCUT2D eigenvalue weighted by Gasteiger charge is 2.68. The zero-order valence-electron chi connectivity index (χ0n) is 7.68. The molecule has 3 fully saturated rings. The number of hydrogen-bond acceptors (Lipinski definition) is 1.